The number of phenolic OH excluding ortho intramolecular Hbond substituents is 1. The Morgan fingerprint density at radius 1 is 1.26 bits per heavy atom. The molecule has 1 aromatic carbocycles. The average molecular weight is 485 g/mol. The molecule has 0 bridgehead atoms. The van der Waals surface area contributed by atoms with Crippen LogP contribution in [-0.2, 0) is 0 Å². The molecular formula is C13H16Br2ClF3N2O2. The summed E-state index contributed by atoms with van der Waals surface area (Å²) >= 11 is 6.25. The summed E-state index contributed by atoms with van der Waals surface area (Å²) in [6, 6.07) is -0.542. The van der Waals surface area contributed by atoms with Gasteiger partial charge in [0.05, 0.1) is 11.6 Å². The van der Waals surface area contributed by atoms with E-state index in [1.807, 2.05) is 0 Å². The van der Waals surface area contributed by atoms with Crippen LogP contribution in [-0.4, -0.2) is 49.5 Å². The summed E-state index contributed by atoms with van der Waals surface area (Å²) in [5, 5.41) is 12.9. The summed E-state index contributed by atoms with van der Waals surface area (Å²) < 4.78 is 46.2. The number of nitrogens with one attached hydrogen (secondary N) is 1. The molecule has 132 valence electrons. The summed E-state index contributed by atoms with van der Waals surface area (Å²) in [5.41, 5.74) is 0.0101. The minimum Gasteiger partial charge on any atom is -0.503 e. The minimum absolute atomic E-state index is 0. The van der Waals surface area contributed by atoms with Gasteiger partial charge in [-0.05, 0) is 43.5 Å². The zero-order valence-corrected chi connectivity index (χ0v) is 16.1. The van der Waals surface area contributed by atoms with Crippen molar-refractivity contribution >= 4 is 44.3 Å². The maximum atomic E-state index is 13.6. The molecule has 0 radical (unpaired) electrons. The lowest BCUT2D eigenvalue weighted by Gasteiger charge is -2.36. The third-order valence-electron chi connectivity index (χ3n) is 3.52. The van der Waals surface area contributed by atoms with Crippen LogP contribution in [0.15, 0.2) is 15.0 Å². The van der Waals surface area contributed by atoms with Crippen molar-refractivity contribution in [3.8, 4) is 11.5 Å². The lowest BCUT2D eigenvalue weighted by Crippen LogP contribution is -2.49. The number of ether oxygens (including phenoxy) is 1. The maximum Gasteiger partial charge on any atom is 0.408 e. The van der Waals surface area contributed by atoms with Crippen LogP contribution in [0.4, 0.5) is 13.2 Å². The molecule has 0 amide bonds. The van der Waals surface area contributed by atoms with Crippen molar-refractivity contribution in [2.75, 3.05) is 33.3 Å². The molecule has 1 fully saturated rings. The number of phenols is 1. The van der Waals surface area contributed by atoms with Crippen LogP contribution in [0, 0.1) is 0 Å². The standard InChI is InChI=1S/C13H15Br2F3N2O2.ClH/c1-22-8-6-7(9(14)10(15)11(8)21)12(13(16,17)18)20-4-2-19-3-5-20;/h6,12,19,21H,2-5H2,1H3;1H/t12-;/m0./s1. The van der Waals surface area contributed by atoms with E-state index in [0.717, 1.165) is 0 Å². The number of nitrogens with zero attached hydrogens (tertiary/aromatic N) is 1. The molecular weight excluding hydrogens is 468 g/mol. The van der Waals surface area contributed by atoms with Crippen LogP contribution in [0.1, 0.15) is 11.6 Å². The molecule has 0 spiro atoms. The molecule has 0 aromatic heterocycles. The van der Waals surface area contributed by atoms with Gasteiger partial charge in [-0.2, -0.15) is 13.2 Å². The second kappa shape index (κ2) is 8.24. The first-order valence-corrected chi connectivity index (χ1v) is 8.12. The molecule has 1 atom stereocenters. The highest BCUT2D eigenvalue weighted by atomic mass is 79.9. The predicted octanol–water partition coefficient (Wildman–Crippen LogP) is 3.86. The largest absolute Gasteiger partial charge is 0.503 e. The summed E-state index contributed by atoms with van der Waals surface area (Å²) in [6.45, 7) is 1.58. The highest BCUT2D eigenvalue weighted by Gasteiger charge is 2.46. The van der Waals surface area contributed by atoms with Gasteiger partial charge in [-0.25, -0.2) is 0 Å². The Morgan fingerprint density at radius 2 is 1.83 bits per heavy atom. The molecule has 0 saturated carbocycles. The van der Waals surface area contributed by atoms with Crippen LogP contribution < -0.4 is 10.1 Å². The molecule has 0 unspecified atom stereocenters. The van der Waals surface area contributed by atoms with E-state index in [-0.39, 0.29) is 51.5 Å². The van der Waals surface area contributed by atoms with Gasteiger partial charge in [0, 0.05) is 30.7 Å². The minimum atomic E-state index is -4.44. The van der Waals surface area contributed by atoms with Gasteiger partial charge in [0.25, 0.3) is 0 Å². The smallest absolute Gasteiger partial charge is 0.408 e. The van der Waals surface area contributed by atoms with Crippen molar-refractivity contribution in [1.29, 1.82) is 0 Å². The fourth-order valence-corrected chi connectivity index (χ4v) is 3.43. The lowest BCUT2D eigenvalue weighted by molar-refractivity contribution is -0.188. The molecule has 2 rings (SSSR count). The highest BCUT2D eigenvalue weighted by molar-refractivity contribution is 9.13. The molecule has 0 aliphatic carbocycles. The Bertz CT molecular complexity index is 555. The molecule has 23 heavy (non-hydrogen) atoms. The summed E-state index contributed by atoms with van der Waals surface area (Å²) in [5.74, 6) is -0.242. The van der Waals surface area contributed by atoms with Gasteiger partial charge < -0.3 is 15.2 Å². The Labute approximate surface area is 155 Å². The third-order valence-corrected chi connectivity index (χ3v) is 5.67. The fraction of sp³-hybridized carbons (Fsp3) is 0.538. The van der Waals surface area contributed by atoms with E-state index in [2.05, 4.69) is 37.2 Å². The second-order valence-corrected chi connectivity index (χ2v) is 6.46. The van der Waals surface area contributed by atoms with Gasteiger partial charge in [0.15, 0.2) is 11.5 Å². The number of halogens is 6. The molecule has 1 heterocycles. The zero-order chi connectivity index (χ0) is 16.5. The highest BCUT2D eigenvalue weighted by Crippen LogP contribution is 2.48. The van der Waals surface area contributed by atoms with Gasteiger partial charge in [0.1, 0.15) is 6.04 Å². The van der Waals surface area contributed by atoms with Crippen molar-refractivity contribution in [2.24, 2.45) is 0 Å². The van der Waals surface area contributed by atoms with Crippen molar-refractivity contribution in [3.63, 3.8) is 0 Å². The Balaban J connectivity index is 0.00000264. The van der Waals surface area contributed by atoms with E-state index in [9.17, 15) is 18.3 Å². The number of rotatable bonds is 3. The topological polar surface area (TPSA) is 44.7 Å². The summed E-state index contributed by atoms with van der Waals surface area (Å²) in [4.78, 5) is 1.37. The number of hydrogen-bond acceptors (Lipinski definition) is 4. The van der Waals surface area contributed by atoms with Crippen LogP contribution in [0.25, 0.3) is 0 Å². The van der Waals surface area contributed by atoms with Gasteiger partial charge in [-0.1, -0.05) is 0 Å². The van der Waals surface area contributed by atoms with Gasteiger partial charge in [-0.3, -0.25) is 4.90 Å². The van der Waals surface area contributed by atoms with Gasteiger partial charge in [0.2, 0.25) is 0 Å². The van der Waals surface area contributed by atoms with Crippen LogP contribution in [0.3, 0.4) is 0 Å². The molecule has 1 aromatic rings. The molecule has 10 heteroatoms. The lowest BCUT2D eigenvalue weighted by atomic mass is 10.0. The molecule has 2 N–H and O–H groups in total. The van der Waals surface area contributed by atoms with E-state index < -0.39 is 12.2 Å². The van der Waals surface area contributed by atoms with Crippen molar-refractivity contribution in [2.45, 2.75) is 12.2 Å². The quantitative estimate of drug-likeness (QED) is 0.684. The van der Waals surface area contributed by atoms with Crippen LogP contribution in [0.2, 0.25) is 0 Å². The third kappa shape index (κ3) is 4.45. The van der Waals surface area contributed by atoms with Gasteiger partial charge in [-0.15, -0.1) is 12.4 Å². The monoisotopic (exact) mass is 482 g/mol. The average Bonchev–Trinajstić information content (AvgIpc) is 2.47. The van der Waals surface area contributed by atoms with Crippen molar-refractivity contribution in [3.05, 3.63) is 20.6 Å². The van der Waals surface area contributed by atoms with Gasteiger partial charge >= 0.3 is 6.18 Å². The van der Waals surface area contributed by atoms with Crippen LogP contribution >= 0.6 is 44.3 Å². The van der Waals surface area contributed by atoms with E-state index >= 15 is 0 Å². The number of alkyl halides is 3. The van der Waals surface area contributed by atoms with Crippen molar-refractivity contribution < 1.29 is 23.0 Å². The van der Waals surface area contributed by atoms with E-state index in [4.69, 9.17) is 4.74 Å². The zero-order valence-electron chi connectivity index (χ0n) is 12.1. The van der Waals surface area contributed by atoms with Crippen molar-refractivity contribution in [1.82, 2.24) is 10.2 Å². The van der Waals surface area contributed by atoms with E-state index in [1.165, 1.54) is 18.1 Å². The first kappa shape index (κ1) is 20.8. The fourth-order valence-electron chi connectivity index (χ4n) is 2.49. The van der Waals surface area contributed by atoms with Crippen LogP contribution in [0.5, 0.6) is 11.5 Å². The first-order chi connectivity index (χ1) is 10.3. The predicted molar refractivity (Wildman–Crippen MR) is 90.5 cm³/mol. The second-order valence-electron chi connectivity index (χ2n) is 4.87. The number of methoxy groups -OCH3 is 1. The SMILES string of the molecule is COc1cc([C@H](N2CCNCC2)C(F)(F)F)c(Br)c(Br)c1O.Cl. The first-order valence-electron chi connectivity index (χ1n) is 6.53. The number of aromatic hydroxyl groups is 1. The molecule has 1 saturated heterocycles. The summed E-state index contributed by atoms with van der Waals surface area (Å²) in [6.07, 6.45) is -4.44. The number of hydrogen-bond donors (Lipinski definition) is 2. The number of piperazine rings is 1. The van der Waals surface area contributed by atoms with E-state index in [0.29, 0.717) is 13.1 Å². The molecule has 1 aliphatic rings. The number of benzene rings is 1. The van der Waals surface area contributed by atoms with E-state index in [1.54, 1.807) is 0 Å². The molecule has 4 nitrogen and oxygen atoms in total. The Morgan fingerprint density at radius 3 is 2.30 bits per heavy atom. The molecule has 1 aliphatic heterocycles. The Kier molecular flexibility index (Phi) is 7.46. The maximum absolute atomic E-state index is 13.6. The Hall–Kier alpha value is -0.220. The summed E-state index contributed by atoms with van der Waals surface area (Å²) in [7, 11) is 1.30. The normalized spacial score (nSPS) is 17.5.